The lowest BCUT2D eigenvalue weighted by atomic mass is 9.81. The average molecular weight is 414 g/mol. The molecule has 0 radical (unpaired) electrons. The molecule has 0 aliphatic carbocycles. The van der Waals surface area contributed by atoms with E-state index in [0.717, 1.165) is 16.8 Å². The van der Waals surface area contributed by atoms with Gasteiger partial charge in [0.1, 0.15) is 11.6 Å². The molecule has 3 N–H and O–H groups in total. The third-order valence-corrected chi connectivity index (χ3v) is 5.57. The van der Waals surface area contributed by atoms with Crippen LogP contribution < -0.4 is 5.32 Å². The lowest BCUT2D eigenvalue weighted by Crippen LogP contribution is -2.41. The van der Waals surface area contributed by atoms with E-state index < -0.39 is 0 Å². The number of piperidine rings is 1. The maximum atomic E-state index is 13.4. The lowest BCUT2D eigenvalue weighted by molar-refractivity contribution is 0.360. The van der Waals surface area contributed by atoms with Gasteiger partial charge in [-0.15, -0.1) is 0 Å². The van der Waals surface area contributed by atoms with Crippen LogP contribution in [0.5, 0.6) is 5.88 Å². The summed E-state index contributed by atoms with van der Waals surface area (Å²) in [6.07, 6.45) is 1.93. The fourth-order valence-corrected chi connectivity index (χ4v) is 3.87. The minimum Gasteiger partial charge on any atom is -0.492 e. The first kappa shape index (κ1) is 19.5. The number of hydrogen-bond donors (Lipinski definition) is 3. The molecule has 0 spiro atoms. The van der Waals surface area contributed by atoms with Crippen molar-refractivity contribution in [2.45, 2.75) is 25.4 Å². The second-order valence-electron chi connectivity index (χ2n) is 7.15. The van der Waals surface area contributed by atoms with Crippen LogP contribution in [0.4, 0.5) is 8.78 Å². The van der Waals surface area contributed by atoms with Gasteiger partial charge in [-0.25, -0.2) is 8.78 Å². The number of nitrogens with one attached hydrogen (secondary N) is 2. The van der Waals surface area contributed by atoms with E-state index in [9.17, 15) is 13.9 Å². The first-order chi connectivity index (χ1) is 13.9. The van der Waals surface area contributed by atoms with Gasteiger partial charge in [-0.3, -0.25) is 0 Å². The first-order valence-electron chi connectivity index (χ1n) is 9.26. The molecule has 1 aliphatic rings. The summed E-state index contributed by atoms with van der Waals surface area (Å²) >= 11 is 5.20. The van der Waals surface area contributed by atoms with E-state index in [4.69, 9.17) is 12.2 Å². The van der Waals surface area contributed by atoms with E-state index in [1.54, 1.807) is 24.3 Å². The number of aromatic hydroxyl groups is 1. The van der Waals surface area contributed by atoms with Crippen molar-refractivity contribution in [1.82, 2.24) is 15.0 Å². The molecule has 3 unspecified atom stereocenters. The van der Waals surface area contributed by atoms with Gasteiger partial charge in [-0.1, -0.05) is 31.2 Å². The molecule has 3 aromatic rings. The Labute approximate surface area is 171 Å². The maximum absolute atomic E-state index is 13.4. The van der Waals surface area contributed by atoms with E-state index in [1.165, 1.54) is 35.1 Å². The summed E-state index contributed by atoms with van der Waals surface area (Å²) in [4.78, 5) is 2.76. The number of nitrogens with zero attached hydrogens (tertiary/aromatic N) is 2. The van der Waals surface area contributed by atoms with Crippen molar-refractivity contribution < 1.29 is 13.9 Å². The van der Waals surface area contributed by atoms with Gasteiger partial charge in [0.25, 0.3) is 0 Å². The highest BCUT2D eigenvalue weighted by Gasteiger charge is 2.34. The molecule has 5 nitrogen and oxygen atoms in total. The summed E-state index contributed by atoms with van der Waals surface area (Å²) in [6.45, 7) is 2.02. The largest absolute Gasteiger partial charge is 0.492 e. The molecule has 1 aromatic heterocycles. The number of H-pyrrole nitrogens is 1. The normalized spacial score (nSPS) is 23.4. The van der Waals surface area contributed by atoms with Crippen molar-refractivity contribution in [2.24, 2.45) is 11.0 Å². The van der Waals surface area contributed by atoms with E-state index in [2.05, 4.69) is 15.4 Å². The van der Waals surface area contributed by atoms with Crippen LogP contribution >= 0.6 is 12.2 Å². The van der Waals surface area contributed by atoms with Gasteiger partial charge < -0.3 is 15.4 Å². The molecule has 150 valence electrons. The van der Waals surface area contributed by atoms with Gasteiger partial charge in [-0.05, 0) is 47.6 Å². The molecule has 29 heavy (non-hydrogen) atoms. The number of imidazole rings is 1. The standard InChI is InChI=1S/C21H20F2N4OS/c1-12-17(26-27-19(28)11-24-21(27)29)10-18(13-2-6-15(22)7-3-13)25-20(12)14-4-8-16(23)9-5-14/h2-9,11-12,18,20,25,28H,10H2,1H3,(H,24,29). The molecule has 1 saturated heterocycles. The predicted octanol–water partition coefficient (Wildman–Crippen LogP) is 4.85. The van der Waals surface area contributed by atoms with Crippen LogP contribution in [0.2, 0.25) is 0 Å². The van der Waals surface area contributed by atoms with Crippen molar-refractivity contribution in [3.8, 4) is 5.88 Å². The van der Waals surface area contributed by atoms with Crippen LogP contribution in [-0.4, -0.2) is 20.5 Å². The minimum absolute atomic E-state index is 0.0478. The van der Waals surface area contributed by atoms with E-state index in [0.29, 0.717) is 6.42 Å². The topological polar surface area (TPSA) is 65.3 Å². The zero-order chi connectivity index (χ0) is 20.5. The number of halogens is 2. The van der Waals surface area contributed by atoms with Crippen LogP contribution in [0.15, 0.2) is 59.8 Å². The van der Waals surface area contributed by atoms with Crippen molar-refractivity contribution in [2.75, 3.05) is 0 Å². The van der Waals surface area contributed by atoms with Gasteiger partial charge in [0.15, 0.2) is 0 Å². The van der Waals surface area contributed by atoms with Crippen molar-refractivity contribution >= 4 is 17.9 Å². The van der Waals surface area contributed by atoms with Crippen LogP contribution in [0.3, 0.4) is 0 Å². The van der Waals surface area contributed by atoms with Gasteiger partial charge in [0, 0.05) is 30.1 Å². The molecule has 0 saturated carbocycles. The molecule has 4 rings (SSSR count). The Kier molecular flexibility index (Phi) is 5.29. The van der Waals surface area contributed by atoms with Crippen LogP contribution in [0.25, 0.3) is 0 Å². The SMILES string of the molecule is CC1C(=Nn2c(O)c[nH]c2=S)CC(c2ccc(F)cc2)NC1c1ccc(F)cc1. The Balaban J connectivity index is 1.76. The van der Waals surface area contributed by atoms with Crippen molar-refractivity contribution in [3.63, 3.8) is 0 Å². The number of benzene rings is 2. The van der Waals surface area contributed by atoms with E-state index in [1.807, 2.05) is 6.92 Å². The van der Waals surface area contributed by atoms with E-state index in [-0.39, 0.29) is 40.3 Å². The monoisotopic (exact) mass is 414 g/mol. The fraction of sp³-hybridized carbons (Fsp3) is 0.238. The zero-order valence-corrected chi connectivity index (χ0v) is 16.5. The lowest BCUT2D eigenvalue weighted by Gasteiger charge is -2.37. The minimum atomic E-state index is -0.301. The number of hydrogen-bond acceptors (Lipinski definition) is 4. The predicted molar refractivity (Wildman–Crippen MR) is 109 cm³/mol. The molecule has 2 heterocycles. The third-order valence-electron chi connectivity index (χ3n) is 5.28. The highest BCUT2D eigenvalue weighted by Crippen LogP contribution is 2.36. The van der Waals surface area contributed by atoms with Gasteiger partial charge >= 0.3 is 0 Å². The highest BCUT2D eigenvalue weighted by molar-refractivity contribution is 7.71. The zero-order valence-electron chi connectivity index (χ0n) is 15.6. The number of rotatable bonds is 3. The molecule has 3 atom stereocenters. The summed E-state index contributed by atoms with van der Waals surface area (Å²) in [7, 11) is 0. The Morgan fingerprint density at radius 1 is 1.03 bits per heavy atom. The Hall–Kier alpha value is -2.84. The number of aromatic amines is 1. The molecule has 1 aliphatic heterocycles. The summed E-state index contributed by atoms with van der Waals surface area (Å²) in [5.74, 6) is -0.728. The maximum Gasteiger partial charge on any atom is 0.231 e. The molecule has 2 aromatic carbocycles. The molecular weight excluding hydrogens is 394 g/mol. The first-order valence-corrected chi connectivity index (χ1v) is 9.67. The molecule has 1 fully saturated rings. The van der Waals surface area contributed by atoms with Crippen LogP contribution in [0.1, 0.15) is 36.6 Å². The van der Waals surface area contributed by atoms with Crippen LogP contribution in [-0.2, 0) is 0 Å². The number of aromatic nitrogens is 2. The highest BCUT2D eigenvalue weighted by atomic mass is 32.1. The summed E-state index contributed by atoms with van der Waals surface area (Å²) in [6, 6.07) is 12.4. The van der Waals surface area contributed by atoms with Crippen LogP contribution in [0, 0.1) is 22.3 Å². The molecule has 0 bridgehead atoms. The van der Waals surface area contributed by atoms with Crippen molar-refractivity contribution in [1.29, 1.82) is 0 Å². The fourth-order valence-electron chi connectivity index (χ4n) is 3.68. The summed E-state index contributed by atoms with van der Waals surface area (Å²) < 4.78 is 28.4. The Bertz CT molecular complexity index is 1090. The molecule has 8 heteroatoms. The summed E-state index contributed by atoms with van der Waals surface area (Å²) in [5, 5.41) is 18.2. The Morgan fingerprint density at radius 2 is 1.62 bits per heavy atom. The summed E-state index contributed by atoms with van der Waals surface area (Å²) in [5.41, 5.74) is 2.65. The second kappa shape index (κ2) is 7.88. The van der Waals surface area contributed by atoms with Crippen molar-refractivity contribution in [3.05, 3.63) is 82.3 Å². The molecular formula is C21H20F2N4OS. The quantitative estimate of drug-likeness (QED) is 0.537. The average Bonchev–Trinajstić information content (AvgIpc) is 3.03. The van der Waals surface area contributed by atoms with Gasteiger partial charge in [0.05, 0.1) is 6.20 Å². The van der Waals surface area contributed by atoms with E-state index >= 15 is 0 Å². The van der Waals surface area contributed by atoms with Gasteiger partial charge in [-0.2, -0.15) is 9.78 Å². The molecule has 0 amide bonds. The third kappa shape index (κ3) is 3.99. The van der Waals surface area contributed by atoms with Gasteiger partial charge in [0.2, 0.25) is 10.7 Å². The smallest absolute Gasteiger partial charge is 0.231 e. The Morgan fingerprint density at radius 3 is 2.17 bits per heavy atom. The second-order valence-corrected chi connectivity index (χ2v) is 7.53.